The van der Waals surface area contributed by atoms with Crippen molar-refractivity contribution in [2.24, 2.45) is 0 Å². The van der Waals surface area contributed by atoms with E-state index in [-0.39, 0.29) is 0 Å². The Bertz CT molecular complexity index is 691. The Hall–Kier alpha value is -2.05. The van der Waals surface area contributed by atoms with Gasteiger partial charge in [-0.2, -0.15) is 0 Å². The largest absolute Gasteiger partial charge is 0.387 e. The number of aliphatic hydroxyl groups is 1. The van der Waals surface area contributed by atoms with Gasteiger partial charge >= 0.3 is 0 Å². The molecule has 24 heavy (non-hydrogen) atoms. The normalized spacial score (nSPS) is 21.3. The molecule has 6 heteroatoms. The van der Waals surface area contributed by atoms with E-state index in [9.17, 15) is 5.11 Å². The highest BCUT2D eigenvalue weighted by Gasteiger charge is 2.34. The van der Waals surface area contributed by atoms with Crippen LogP contribution >= 0.6 is 0 Å². The standard InChI is InChI=1S/C18H25N5O/c1-14-11-16(21-17(20-14)15-7-4-5-9-19-15)23-10-6-8-18(24,13-23)12-22(2)3/h4-5,7,9,11,24H,6,8,10,12-13H2,1-3H3. The molecule has 0 radical (unpaired) electrons. The number of likely N-dealkylation sites (N-methyl/N-ethyl adjacent to an activating group) is 1. The van der Waals surface area contributed by atoms with Gasteiger partial charge in [-0.05, 0) is 46.0 Å². The van der Waals surface area contributed by atoms with Crippen LogP contribution in [0, 0.1) is 6.92 Å². The summed E-state index contributed by atoms with van der Waals surface area (Å²) in [7, 11) is 3.98. The van der Waals surface area contributed by atoms with Crippen molar-refractivity contribution in [3.63, 3.8) is 0 Å². The molecular formula is C18H25N5O. The van der Waals surface area contributed by atoms with Gasteiger partial charge in [0.25, 0.3) is 0 Å². The van der Waals surface area contributed by atoms with E-state index in [0.29, 0.717) is 18.9 Å². The monoisotopic (exact) mass is 327 g/mol. The lowest BCUT2D eigenvalue weighted by Crippen LogP contribution is -2.53. The first-order valence-electron chi connectivity index (χ1n) is 8.34. The second kappa shape index (κ2) is 6.83. The van der Waals surface area contributed by atoms with Crippen molar-refractivity contribution >= 4 is 5.82 Å². The van der Waals surface area contributed by atoms with Gasteiger partial charge in [-0.15, -0.1) is 0 Å². The van der Waals surface area contributed by atoms with E-state index in [1.165, 1.54) is 0 Å². The van der Waals surface area contributed by atoms with E-state index >= 15 is 0 Å². The number of pyridine rings is 1. The summed E-state index contributed by atoms with van der Waals surface area (Å²) >= 11 is 0. The maximum atomic E-state index is 10.9. The highest BCUT2D eigenvalue weighted by atomic mass is 16.3. The fourth-order valence-electron chi connectivity index (χ4n) is 3.35. The Morgan fingerprint density at radius 1 is 1.29 bits per heavy atom. The van der Waals surface area contributed by atoms with Crippen LogP contribution in [-0.2, 0) is 0 Å². The van der Waals surface area contributed by atoms with Gasteiger partial charge in [-0.3, -0.25) is 4.98 Å². The zero-order chi connectivity index (χ0) is 17.2. The number of β-amino-alcohol motifs (C(OH)–C–C–N with tert-alkyl or cyclic N) is 1. The van der Waals surface area contributed by atoms with Crippen LogP contribution in [0.5, 0.6) is 0 Å². The zero-order valence-electron chi connectivity index (χ0n) is 14.6. The topological polar surface area (TPSA) is 65.4 Å². The van der Waals surface area contributed by atoms with Crippen molar-refractivity contribution in [1.29, 1.82) is 0 Å². The molecule has 1 saturated heterocycles. The minimum atomic E-state index is -0.703. The number of piperidine rings is 1. The predicted molar refractivity (Wildman–Crippen MR) is 95.0 cm³/mol. The van der Waals surface area contributed by atoms with Crippen molar-refractivity contribution in [1.82, 2.24) is 19.9 Å². The third-order valence-electron chi connectivity index (χ3n) is 4.22. The van der Waals surface area contributed by atoms with Crippen LogP contribution in [-0.4, -0.2) is 64.3 Å². The summed E-state index contributed by atoms with van der Waals surface area (Å²) in [5.41, 5.74) is 0.969. The molecule has 6 nitrogen and oxygen atoms in total. The molecule has 128 valence electrons. The number of nitrogens with zero attached hydrogens (tertiary/aromatic N) is 5. The zero-order valence-corrected chi connectivity index (χ0v) is 14.6. The number of aryl methyl sites for hydroxylation is 1. The number of anilines is 1. The molecule has 3 rings (SSSR count). The van der Waals surface area contributed by atoms with Crippen LogP contribution in [0.4, 0.5) is 5.82 Å². The second-order valence-corrected chi connectivity index (χ2v) is 6.89. The first kappa shape index (κ1) is 16.8. The van der Waals surface area contributed by atoms with Crippen LogP contribution in [0.2, 0.25) is 0 Å². The van der Waals surface area contributed by atoms with Crippen molar-refractivity contribution in [3.8, 4) is 11.5 Å². The quantitative estimate of drug-likeness (QED) is 0.923. The van der Waals surface area contributed by atoms with Crippen molar-refractivity contribution in [2.75, 3.05) is 38.6 Å². The SMILES string of the molecule is Cc1cc(N2CCCC(O)(CN(C)C)C2)nc(-c2ccccn2)n1. The summed E-state index contributed by atoms with van der Waals surface area (Å²) < 4.78 is 0. The number of rotatable bonds is 4. The van der Waals surface area contributed by atoms with E-state index in [4.69, 9.17) is 4.98 Å². The number of hydrogen-bond donors (Lipinski definition) is 1. The average molecular weight is 327 g/mol. The molecule has 0 saturated carbocycles. The van der Waals surface area contributed by atoms with Gasteiger partial charge in [-0.25, -0.2) is 9.97 Å². The van der Waals surface area contributed by atoms with Crippen LogP contribution in [0.1, 0.15) is 18.5 Å². The van der Waals surface area contributed by atoms with Gasteiger partial charge < -0.3 is 14.9 Å². The highest BCUT2D eigenvalue weighted by Crippen LogP contribution is 2.27. The molecule has 0 aromatic carbocycles. The van der Waals surface area contributed by atoms with E-state index in [1.54, 1.807) is 6.20 Å². The van der Waals surface area contributed by atoms with Gasteiger partial charge in [-0.1, -0.05) is 6.07 Å². The Balaban J connectivity index is 1.88. The molecule has 1 fully saturated rings. The minimum absolute atomic E-state index is 0.587. The van der Waals surface area contributed by atoms with Crippen molar-refractivity contribution < 1.29 is 5.11 Å². The average Bonchev–Trinajstić information content (AvgIpc) is 2.54. The molecule has 3 heterocycles. The van der Waals surface area contributed by atoms with Gasteiger partial charge in [0.05, 0.1) is 5.60 Å². The van der Waals surface area contributed by atoms with Gasteiger partial charge in [0.1, 0.15) is 11.5 Å². The Kier molecular flexibility index (Phi) is 4.78. The Morgan fingerprint density at radius 2 is 2.12 bits per heavy atom. The molecule has 0 aliphatic carbocycles. The molecule has 1 N–H and O–H groups in total. The molecule has 2 aromatic heterocycles. The summed E-state index contributed by atoms with van der Waals surface area (Å²) in [6.45, 7) is 4.10. The lowest BCUT2D eigenvalue weighted by Gasteiger charge is -2.41. The molecule has 1 aliphatic heterocycles. The maximum Gasteiger partial charge on any atom is 0.180 e. The summed E-state index contributed by atoms with van der Waals surface area (Å²) in [5.74, 6) is 1.49. The van der Waals surface area contributed by atoms with Crippen LogP contribution in [0.15, 0.2) is 30.5 Å². The number of hydrogen-bond acceptors (Lipinski definition) is 6. The third-order valence-corrected chi connectivity index (χ3v) is 4.22. The smallest absolute Gasteiger partial charge is 0.180 e. The van der Waals surface area contributed by atoms with E-state index in [1.807, 2.05) is 50.2 Å². The third kappa shape index (κ3) is 3.88. The molecule has 0 amide bonds. The number of aromatic nitrogens is 3. The highest BCUT2D eigenvalue weighted by molar-refractivity contribution is 5.54. The fraction of sp³-hybridized carbons (Fsp3) is 0.500. The summed E-state index contributed by atoms with van der Waals surface area (Å²) in [5, 5.41) is 10.9. The summed E-state index contributed by atoms with van der Waals surface area (Å²) in [6, 6.07) is 7.71. The fourth-order valence-corrected chi connectivity index (χ4v) is 3.35. The van der Waals surface area contributed by atoms with Crippen LogP contribution < -0.4 is 4.90 Å². The van der Waals surface area contributed by atoms with Crippen LogP contribution in [0.3, 0.4) is 0 Å². The van der Waals surface area contributed by atoms with E-state index in [2.05, 4.69) is 14.9 Å². The summed E-state index contributed by atoms with van der Waals surface area (Å²) in [6.07, 6.45) is 3.52. The van der Waals surface area contributed by atoms with Gasteiger partial charge in [0, 0.05) is 37.6 Å². The predicted octanol–water partition coefficient (Wildman–Crippen LogP) is 1.74. The molecule has 1 unspecified atom stereocenters. The first-order chi connectivity index (χ1) is 11.5. The molecule has 0 bridgehead atoms. The van der Waals surface area contributed by atoms with E-state index < -0.39 is 5.60 Å². The molecule has 2 aromatic rings. The maximum absolute atomic E-state index is 10.9. The first-order valence-corrected chi connectivity index (χ1v) is 8.34. The lowest BCUT2D eigenvalue weighted by molar-refractivity contribution is 0.00352. The van der Waals surface area contributed by atoms with Gasteiger partial charge in [0.2, 0.25) is 0 Å². The summed E-state index contributed by atoms with van der Waals surface area (Å²) in [4.78, 5) is 17.8. The minimum Gasteiger partial charge on any atom is -0.387 e. The van der Waals surface area contributed by atoms with E-state index in [0.717, 1.165) is 36.6 Å². The Morgan fingerprint density at radius 3 is 2.83 bits per heavy atom. The lowest BCUT2D eigenvalue weighted by atomic mass is 9.92. The van der Waals surface area contributed by atoms with Crippen molar-refractivity contribution in [3.05, 3.63) is 36.2 Å². The second-order valence-electron chi connectivity index (χ2n) is 6.89. The van der Waals surface area contributed by atoms with Crippen LogP contribution in [0.25, 0.3) is 11.5 Å². The molecule has 1 aliphatic rings. The molecule has 0 spiro atoms. The molecule has 1 atom stereocenters. The van der Waals surface area contributed by atoms with Crippen molar-refractivity contribution in [2.45, 2.75) is 25.4 Å². The molecular weight excluding hydrogens is 302 g/mol. The van der Waals surface area contributed by atoms with Gasteiger partial charge in [0.15, 0.2) is 5.82 Å². The Labute approximate surface area is 143 Å².